The van der Waals surface area contributed by atoms with Crippen LogP contribution in [-0.4, -0.2) is 13.7 Å². The summed E-state index contributed by atoms with van der Waals surface area (Å²) < 4.78 is 6.62. The lowest BCUT2D eigenvalue weighted by Crippen LogP contribution is -2.20. The molecule has 0 aliphatic heterocycles. The molecule has 0 radical (unpaired) electrons. The molecule has 0 N–H and O–H groups in total. The fraction of sp³-hybridized carbons (Fsp3) is 0. The summed E-state index contributed by atoms with van der Waals surface area (Å²) >= 11 is 0. The number of para-hydroxylation sites is 3. The zero-order valence-electron chi connectivity index (χ0n) is 32.0. The predicted molar refractivity (Wildman–Crippen MR) is 247 cm³/mol. The van der Waals surface area contributed by atoms with E-state index in [1.54, 1.807) is 0 Å². The molecule has 0 unspecified atom stereocenters. The van der Waals surface area contributed by atoms with E-state index in [1.807, 2.05) is 41.0 Å². The summed E-state index contributed by atoms with van der Waals surface area (Å²) in [5, 5.41) is 7.00. The molecular weight excluding hydrogens is 719 g/mol. The van der Waals surface area contributed by atoms with E-state index in [4.69, 9.17) is 0 Å². The van der Waals surface area contributed by atoms with E-state index in [0.29, 0.717) is 5.39 Å². The number of nitrogens with zero attached hydrogens (tertiary/aromatic N) is 3. The van der Waals surface area contributed by atoms with Gasteiger partial charge in [0.05, 0.1) is 33.0 Å². The van der Waals surface area contributed by atoms with Gasteiger partial charge in [-0.3, -0.25) is 9.36 Å². The first-order valence-corrected chi connectivity index (χ1v) is 20.1. The summed E-state index contributed by atoms with van der Waals surface area (Å²) in [6.07, 6.45) is 0. The Bertz CT molecular complexity index is 3670. The smallest absolute Gasteiger partial charge is 0.265 e. The Morgan fingerprint density at radius 1 is 0.271 bits per heavy atom. The van der Waals surface area contributed by atoms with Crippen LogP contribution in [0.3, 0.4) is 0 Å². The zero-order valence-corrected chi connectivity index (χ0v) is 32.0. The minimum Gasteiger partial charge on any atom is -0.308 e. The number of hydrogen-bond donors (Lipinski definition) is 0. The molecule has 0 saturated carbocycles. The van der Waals surface area contributed by atoms with Crippen LogP contribution in [-0.2, 0) is 0 Å². The van der Waals surface area contributed by atoms with E-state index >= 15 is 4.79 Å². The second-order valence-corrected chi connectivity index (χ2v) is 15.3. The second kappa shape index (κ2) is 13.1. The van der Waals surface area contributed by atoms with Gasteiger partial charge in [0.1, 0.15) is 0 Å². The molecule has 0 spiro atoms. The average Bonchev–Trinajstić information content (AvgIpc) is 3.83. The summed E-state index contributed by atoms with van der Waals surface area (Å²) in [7, 11) is 0. The molecule has 4 nitrogen and oxygen atoms in total. The molecule has 4 heteroatoms. The van der Waals surface area contributed by atoms with Crippen molar-refractivity contribution >= 4 is 65.3 Å². The number of rotatable bonds is 5. The Morgan fingerprint density at radius 2 is 0.661 bits per heavy atom. The van der Waals surface area contributed by atoms with Gasteiger partial charge in [-0.25, -0.2) is 0 Å². The molecule has 12 aromatic rings. The molecule has 3 heterocycles. The number of fused-ring (bicyclic) bond motifs is 11. The number of pyridine rings is 1. The fourth-order valence-electron chi connectivity index (χ4n) is 9.47. The normalized spacial score (nSPS) is 11.8. The third-order valence-corrected chi connectivity index (χ3v) is 12.0. The Kier molecular flexibility index (Phi) is 7.35. The minimum absolute atomic E-state index is 0.0603. The molecule has 0 fully saturated rings. The van der Waals surface area contributed by atoms with Crippen LogP contribution in [0.4, 0.5) is 0 Å². The molecule has 276 valence electrons. The standard InChI is InChI=1S/C55H35N3O/c59-55-51-45(30-31-46-43-26-10-12-28-49(43)56(52(46)51)41-24-14-20-38(34-41)36-16-4-1-5-17-36)48-33-32-47-44-27-11-13-29-50(44)57(53(47)54(48)58(55)40-22-8-3-9-23-40)42-25-15-21-39(35-42)37-18-6-2-7-19-37/h1-35H. The summed E-state index contributed by atoms with van der Waals surface area (Å²) in [6.45, 7) is 0. The fourth-order valence-corrected chi connectivity index (χ4v) is 9.47. The van der Waals surface area contributed by atoms with E-state index in [1.165, 1.54) is 0 Å². The van der Waals surface area contributed by atoms with Crippen molar-refractivity contribution in [3.05, 3.63) is 223 Å². The van der Waals surface area contributed by atoms with Crippen LogP contribution in [0.2, 0.25) is 0 Å². The van der Waals surface area contributed by atoms with Crippen LogP contribution in [0.25, 0.3) is 105 Å². The van der Waals surface area contributed by atoms with Gasteiger partial charge in [0.25, 0.3) is 5.56 Å². The highest BCUT2D eigenvalue weighted by molar-refractivity contribution is 6.27. The van der Waals surface area contributed by atoms with Gasteiger partial charge in [-0.15, -0.1) is 0 Å². The minimum atomic E-state index is -0.0603. The van der Waals surface area contributed by atoms with Gasteiger partial charge >= 0.3 is 0 Å². The molecule has 59 heavy (non-hydrogen) atoms. The van der Waals surface area contributed by atoms with Gasteiger partial charge in [0.15, 0.2) is 0 Å². The van der Waals surface area contributed by atoms with Crippen LogP contribution in [0, 0.1) is 0 Å². The van der Waals surface area contributed by atoms with Crippen LogP contribution < -0.4 is 5.56 Å². The highest BCUT2D eigenvalue weighted by atomic mass is 16.1. The van der Waals surface area contributed by atoms with Gasteiger partial charge < -0.3 is 9.13 Å². The topological polar surface area (TPSA) is 31.9 Å². The molecule has 9 aromatic carbocycles. The monoisotopic (exact) mass is 753 g/mol. The van der Waals surface area contributed by atoms with E-state index < -0.39 is 0 Å². The maximum absolute atomic E-state index is 16.0. The first-order valence-electron chi connectivity index (χ1n) is 20.1. The van der Waals surface area contributed by atoms with Crippen molar-refractivity contribution in [1.29, 1.82) is 0 Å². The highest BCUT2D eigenvalue weighted by Crippen LogP contribution is 2.42. The van der Waals surface area contributed by atoms with E-state index in [9.17, 15) is 0 Å². The van der Waals surface area contributed by atoms with E-state index in [0.717, 1.165) is 99.2 Å². The van der Waals surface area contributed by atoms with Crippen molar-refractivity contribution < 1.29 is 0 Å². The van der Waals surface area contributed by atoms with Gasteiger partial charge in [0.2, 0.25) is 0 Å². The molecule has 0 saturated heterocycles. The van der Waals surface area contributed by atoms with Crippen LogP contribution in [0.1, 0.15) is 0 Å². The number of benzene rings is 9. The molecule has 0 aliphatic carbocycles. The molecule has 3 aromatic heterocycles. The number of hydrogen-bond acceptors (Lipinski definition) is 1. The summed E-state index contributed by atoms with van der Waals surface area (Å²) in [5.41, 5.74) is 12.3. The molecule has 0 bridgehead atoms. The van der Waals surface area contributed by atoms with Crippen molar-refractivity contribution in [2.24, 2.45) is 0 Å². The van der Waals surface area contributed by atoms with Crippen molar-refractivity contribution in [1.82, 2.24) is 13.7 Å². The molecule has 12 rings (SSSR count). The van der Waals surface area contributed by atoms with Gasteiger partial charge in [-0.1, -0.05) is 164 Å². The van der Waals surface area contributed by atoms with Gasteiger partial charge in [-0.2, -0.15) is 0 Å². The van der Waals surface area contributed by atoms with Crippen molar-refractivity contribution in [2.75, 3.05) is 0 Å². The van der Waals surface area contributed by atoms with Gasteiger partial charge in [-0.05, 0) is 76.2 Å². The number of aromatic nitrogens is 3. The zero-order chi connectivity index (χ0) is 39.0. The SMILES string of the molecule is O=c1c2c(ccc3c4ccccc4n(-c4cccc(-c5ccccc5)c4)c32)c2ccc3c4ccccc4n(-c4cccc(-c5ccccc5)c4)c3c2n1-c1ccccc1. The molecule has 0 amide bonds. The first kappa shape index (κ1) is 33.2. The van der Waals surface area contributed by atoms with Gasteiger partial charge in [0, 0.05) is 44.0 Å². The largest absolute Gasteiger partial charge is 0.308 e. The lowest BCUT2D eigenvalue weighted by Gasteiger charge is -2.18. The van der Waals surface area contributed by atoms with E-state index in [-0.39, 0.29) is 5.56 Å². The van der Waals surface area contributed by atoms with Crippen LogP contribution in [0.5, 0.6) is 0 Å². The van der Waals surface area contributed by atoms with Crippen molar-refractivity contribution in [2.45, 2.75) is 0 Å². The molecular formula is C55H35N3O. The summed E-state index contributed by atoms with van der Waals surface area (Å²) in [6, 6.07) is 74.5. The lowest BCUT2D eigenvalue weighted by molar-refractivity contribution is 1.06. The predicted octanol–water partition coefficient (Wildman–Crippen LogP) is 13.7. The maximum Gasteiger partial charge on any atom is 0.265 e. The van der Waals surface area contributed by atoms with Crippen molar-refractivity contribution in [3.8, 4) is 39.3 Å². The highest BCUT2D eigenvalue weighted by Gasteiger charge is 2.24. The Hall–Kier alpha value is -7.95. The average molecular weight is 754 g/mol. The summed E-state index contributed by atoms with van der Waals surface area (Å²) in [5.74, 6) is 0. The third kappa shape index (κ3) is 5.00. The van der Waals surface area contributed by atoms with Crippen LogP contribution >= 0.6 is 0 Å². The molecule has 0 aliphatic rings. The second-order valence-electron chi connectivity index (χ2n) is 15.3. The Balaban J connectivity index is 1.26. The summed E-state index contributed by atoms with van der Waals surface area (Å²) in [4.78, 5) is 16.0. The maximum atomic E-state index is 16.0. The third-order valence-electron chi connectivity index (χ3n) is 12.0. The van der Waals surface area contributed by atoms with E-state index in [2.05, 4.69) is 185 Å². The Labute approximate surface area is 339 Å². The lowest BCUT2D eigenvalue weighted by atomic mass is 10.00. The van der Waals surface area contributed by atoms with Crippen LogP contribution in [0.15, 0.2) is 217 Å². The first-order chi connectivity index (χ1) is 29.2. The van der Waals surface area contributed by atoms with Crippen molar-refractivity contribution in [3.63, 3.8) is 0 Å². The molecule has 0 atom stereocenters. The Morgan fingerprint density at radius 3 is 1.22 bits per heavy atom. The quantitative estimate of drug-likeness (QED) is 0.161.